The van der Waals surface area contributed by atoms with Crippen molar-refractivity contribution in [3.63, 3.8) is 0 Å². The molecule has 14 heavy (non-hydrogen) atoms. The first kappa shape index (κ1) is 9.21. The van der Waals surface area contributed by atoms with Gasteiger partial charge in [0.1, 0.15) is 5.75 Å². The van der Waals surface area contributed by atoms with Gasteiger partial charge < -0.3 is 9.84 Å². The largest absolute Gasteiger partial charge is 0.495 e. The highest BCUT2D eigenvalue weighted by atomic mass is 79.9. The first-order valence-corrected chi connectivity index (χ1v) is 4.69. The van der Waals surface area contributed by atoms with Crippen LogP contribution in [0.3, 0.4) is 0 Å². The van der Waals surface area contributed by atoms with E-state index in [4.69, 9.17) is 9.84 Å². The second kappa shape index (κ2) is 3.42. The van der Waals surface area contributed by atoms with Gasteiger partial charge in [0.2, 0.25) is 5.88 Å². The Hall–Kier alpha value is -1.36. The molecule has 1 aromatic heterocycles. The second-order valence-electron chi connectivity index (χ2n) is 2.70. The molecule has 0 amide bonds. The third-order valence-corrected chi connectivity index (χ3v) is 2.42. The predicted octanol–water partition coefficient (Wildman–Crippen LogP) is 2.11. The van der Waals surface area contributed by atoms with E-state index in [1.165, 1.54) is 6.20 Å². The fraction of sp³-hybridized carbons (Fsp3) is 0.111. The molecule has 0 aliphatic carbocycles. The summed E-state index contributed by atoms with van der Waals surface area (Å²) in [4.78, 5) is 7.94. The van der Waals surface area contributed by atoms with Gasteiger partial charge in [-0.2, -0.15) is 0 Å². The van der Waals surface area contributed by atoms with Crippen molar-refractivity contribution in [1.82, 2.24) is 9.97 Å². The predicted molar refractivity (Wildman–Crippen MR) is 55.5 cm³/mol. The lowest BCUT2D eigenvalue weighted by molar-refractivity contribution is 0.412. The van der Waals surface area contributed by atoms with Gasteiger partial charge in [-0.3, -0.25) is 0 Å². The minimum absolute atomic E-state index is 0.0955. The molecular weight excluding hydrogens is 248 g/mol. The molecule has 0 aliphatic rings. The number of halogens is 1. The number of methoxy groups -OCH3 is 1. The Morgan fingerprint density at radius 1 is 1.36 bits per heavy atom. The molecule has 1 heterocycles. The number of nitrogens with zero attached hydrogens (tertiary/aromatic N) is 2. The summed E-state index contributed by atoms with van der Waals surface area (Å²) in [6.07, 6.45) is 1.31. The summed E-state index contributed by atoms with van der Waals surface area (Å²) >= 11 is 3.34. The molecular formula is C9H7BrN2O2. The van der Waals surface area contributed by atoms with Crippen molar-refractivity contribution in [2.45, 2.75) is 0 Å². The maximum absolute atomic E-state index is 9.14. The molecule has 0 bridgehead atoms. The lowest BCUT2D eigenvalue weighted by atomic mass is 10.3. The van der Waals surface area contributed by atoms with E-state index in [0.717, 1.165) is 4.47 Å². The van der Waals surface area contributed by atoms with Crippen molar-refractivity contribution in [2.24, 2.45) is 0 Å². The van der Waals surface area contributed by atoms with E-state index in [9.17, 15) is 0 Å². The van der Waals surface area contributed by atoms with E-state index in [0.29, 0.717) is 16.8 Å². The quantitative estimate of drug-likeness (QED) is 0.847. The van der Waals surface area contributed by atoms with Crippen LogP contribution in [0.25, 0.3) is 11.0 Å². The summed E-state index contributed by atoms with van der Waals surface area (Å²) in [6, 6.07) is 3.51. The topological polar surface area (TPSA) is 55.2 Å². The van der Waals surface area contributed by atoms with E-state index >= 15 is 0 Å². The molecule has 0 saturated carbocycles. The Morgan fingerprint density at radius 3 is 2.86 bits per heavy atom. The average molecular weight is 255 g/mol. The number of hydrogen-bond donors (Lipinski definition) is 1. The van der Waals surface area contributed by atoms with Crippen LogP contribution in [0, 0.1) is 0 Å². The highest BCUT2D eigenvalue weighted by molar-refractivity contribution is 9.10. The molecule has 0 fully saturated rings. The number of aromatic nitrogens is 2. The Balaban J connectivity index is 2.73. The number of rotatable bonds is 1. The zero-order valence-corrected chi connectivity index (χ0v) is 8.95. The standard InChI is InChI=1S/C9H7BrN2O2/c1-14-8-3-7-6(2-5(8)10)11-4-9(13)12-7/h2-4H,1H3,(H,12,13). The van der Waals surface area contributed by atoms with Crippen LogP contribution in [-0.4, -0.2) is 22.2 Å². The van der Waals surface area contributed by atoms with E-state index in [2.05, 4.69) is 25.9 Å². The van der Waals surface area contributed by atoms with Crippen LogP contribution in [0.5, 0.6) is 11.6 Å². The minimum Gasteiger partial charge on any atom is -0.495 e. The van der Waals surface area contributed by atoms with Crippen molar-refractivity contribution < 1.29 is 9.84 Å². The van der Waals surface area contributed by atoms with Gasteiger partial charge in [-0.1, -0.05) is 0 Å². The maximum atomic E-state index is 9.14. The van der Waals surface area contributed by atoms with E-state index in [-0.39, 0.29) is 5.88 Å². The summed E-state index contributed by atoms with van der Waals surface area (Å²) in [5, 5.41) is 9.14. The fourth-order valence-electron chi connectivity index (χ4n) is 1.16. The van der Waals surface area contributed by atoms with Crippen LogP contribution in [-0.2, 0) is 0 Å². The number of benzene rings is 1. The van der Waals surface area contributed by atoms with Crippen molar-refractivity contribution in [3.8, 4) is 11.6 Å². The van der Waals surface area contributed by atoms with Crippen molar-refractivity contribution in [1.29, 1.82) is 0 Å². The maximum Gasteiger partial charge on any atom is 0.230 e. The highest BCUT2D eigenvalue weighted by Crippen LogP contribution is 2.28. The molecule has 0 spiro atoms. The lowest BCUT2D eigenvalue weighted by Crippen LogP contribution is -1.88. The van der Waals surface area contributed by atoms with Gasteiger partial charge in [0.15, 0.2) is 0 Å². The van der Waals surface area contributed by atoms with Crippen molar-refractivity contribution >= 4 is 27.0 Å². The monoisotopic (exact) mass is 254 g/mol. The van der Waals surface area contributed by atoms with Crippen LogP contribution in [0.4, 0.5) is 0 Å². The molecule has 2 rings (SSSR count). The van der Waals surface area contributed by atoms with E-state index < -0.39 is 0 Å². The molecule has 0 unspecified atom stereocenters. The highest BCUT2D eigenvalue weighted by Gasteiger charge is 2.05. The second-order valence-corrected chi connectivity index (χ2v) is 3.56. The molecule has 0 aliphatic heterocycles. The first-order valence-electron chi connectivity index (χ1n) is 3.90. The number of fused-ring (bicyclic) bond motifs is 1. The Labute approximate surface area is 88.7 Å². The molecule has 72 valence electrons. The summed E-state index contributed by atoms with van der Waals surface area (Å²) in [6.45, 7) is 0. The first-order chi connectivity index (χ1) is 6.70. The van der Waals surface area contributed by atoms with Gasteiger partial charge in [-0.25, -0.2) is 9.97 Å². The molecule has 0 radical (unpaired) electrons. The van der Waals surface area contributed by atoms with Crippen LogP contribution in [0.1, 0.15) is 0 Å². The Morgan fingerprint density at radius 2 is 2.14 bits per heavy atom. The third kappa shape index (κ3) is 1.50. The molecule has 5 heteroatoms. The number of ether oxygens (including phenoxy) is 1. The summed E-state index contributed by atoms with van der Waals surface area (Å²) in [5.41, 5.74) is 1.31. The lowest BCUT2D eigenvalue weighted by Gasteiger charge is -2.04. The van der Waals surface area contributed by atoms with Crippen LogP contribution < -0.4 is 4.74 Å². The van der Waals surface area contributed by atoms with Crippen LogP contribution >= 0.6 is 15.9 Å². The van der Waals surface area contributed by atoms with Gasteiger partial charge in [0.05, 0.1) is 28.8 Å². The van der Waals surface area contributed by atoms with Gasteiger partial charge in [0, 0.05) is 6.07 Å². The van der Waals surface area contributed by atoms with Crippen molar-refractivity contribution in [3.05, 3.63) is 22.8 Å². The molecule has 0 saturated heterocycles. The minimum atomic E-state index is -0.0955. The average Bonchev–Trinajstić information content (AvgIpc) is 2.17. The van der Waals surface area contributed by atoms with Crippen LogP contribution in [0.2, 0.25) is 0 Å². The molecule has 1 N–H and O–H groups in total. The van der Waals surface area contributed by atoms with Gasteiger partial charge in [-0.15, -0.1) is 0 Å². The molecule has 0 atom stereocenters. The summed E-state index contributed by atoms with van der Waals surface area (Å²) in [5.74, 6) is 0.569. The molecule has 1 aromatic carbocycles. The van der Waals surface area contributed by atoms with E-state index in [1.807, 2.05) is 0 Å². The van der Waals surface area contributed by atoms with E-state index in [1.54, 1.807) is 19.2 Å². The van der Waals surface area contributed by atoms with Crippen LogP contribution in [0.15, 0.2) is 22.8 Å². The Kier molecular flexibility index (Phi) is 2.25. The fourth-order valence-corrected chi connectivity index (χ4v) is 1.65. The summed E-state index contributed by atoms with van der Waals surface area (Å²) in [7, 11) is 1.57. The van der Waals surface area contributed by atoms with Gasteiger partial charge in [-0.05, 0) is 22.0 Å². The summed E-state index contributed by atoms with van der Waals surface area (Å²) < 4.78 is 5.91. The van der Waals surface area contributed by atoms with Gasteiger partial charge in [0.25, 0.3) is 0 Å². The molecule has 4 nitrogen and oxygen atoms in total. The van der Waals surface area contributed by atoms with Crippen molar-refractivity contribution in [2.75, 3.05) is 7.11 Å². The number of hydrogen-bond acceptors (Lipinski definition) is 4. The zero-order valence-electron chi connectivity index (χ0n) is 7.36. The SMILES string of the molecule is COc1cc2nc(O)cnc2cc1Br. The van der Waals surface area contributed by atoms with Gasteiger partial charge >= 0.3 is 0 Å². The Bertz CT molecular complexity index is 487. The number of aromatic hydroxyl groups is 1. The third-order valence-electron chi connectivity index (χ3n) is 1.80. The normalized spacial score (nSPS) is 10.4. The smallest absolute Gasteiger partial charge is 0.230 e. The molecule has 2 aromatic rings. The zero-order chi connectivity index (χ0) is 10.1.